The number of carbonyl (C=O) groups is 1. The fraction of sp³-hybridized carbons (Fsp3) is 0.417. The molecule has 0 bridgehead atoms. The minimum absolute atomic E-state index is 0.0324. The van der Waals surface area contributed by atoms with E-state index in [9.17, 15) is 4.79 Å². The molecule has 1 fully saturated rings. The van der Waals surface area contributed by atoms with Gasteiger partial charge in [0.05, 0.1) is 12.5 Å². The van der Waals surface area contributed by atoms with Crippen molar-refractivity contribution in [1.29, 1.82) is 0 Å². The Morgan fingerprint density at radius 2 is 2.47 bits per heavy atom. The number of hydrogen-bond donors (Lipinski definition) is 0. The first-order valence-electron chi connectivity index (χ1n) is 5.08. The van der Waals surface area contributed by atoms with Gasteiger partial charge in [-0.05, 0) is 12.2 Å². The number of hydrogen-bond acceptors (Lipinski definition) is 3. The smallest absolute Gasteiger partial charge is 0.195 e. The van der Waals surface area contributed by atoms with E-state index in [1.54, 1.807) is 19.3 Å². The summed E-state index contributed by atoms with van der Waals surface area (Å²) in [4.78, 5) is 11.7. The average Bonchev–Trinajstić information content (AvgIpc) is 2.66. The summed E-state index contributed by atoms with van der Waals surface area (Å²) in [6.45, 7) is 0.615. The molecule has 78 valence electrons. The zero-order chi connectivity index (χ0) is 10.5. The van der Waals surface area contributed by atoms with Crippen LogP contribution >= 0.6 is 0 Å². The van der Waals surface area contributed by atoms with E-state index >= 15 is 0 Å². The zero-order valence-electron chi connectivity index (χ0n) is 8.47. The third-order valence-electron chi connectivity index (χ3n) is 3.40. The first kappa shape index (κ1) is 9.07. The Kier molecular flexibility index (Phi) is 1.75. The van der Waals surface area contributed by atoms with Gasteiger partial charge in [0, 0.05) is 18.6 Å². The van der Waals surface area contributed by atoms with Crippen molar-refractivity contribution in [2.75, 3.05) is 13.7 Å². The van der Waals surface area contributed by atoms with Gasteiger partial charge < -0.3 is 9.47 Å². The van der Waals surface area contributed by atoms with Crippen LogP contribution in [0, 0.1) is 11.8 Å². The lowest BCUT2D eigenvalue weighted by atomic mass is 9.74. The Balaban J connectivity index is 2.16. The number of methoxy groups -OCH3 is 1. The molecule has 0 aromatic carbocycles. The molecule has 0 N–H and O–H groups in total. The van der Waals surface area contributed by atoms with Gasteiger partial charge in [-0.2, -0.15) is 0 Å². The van der Waals surface area contributed by atoms with Crippen molar-refractivity contribution < 1.29 is 14.3 Å². The van der Waals surface area contributed by atoms with Crippen molar-refractivity contribution in [3.63, 3.8) is 0 Å². The number of carbonyl (C=O) groups excluding carboxylic acids is 1. The minimum Gasteiger partial charge on any atom is -0.349 e. The lowest BCUT2D eigenvalue weighted by Gasteiger charge is -2.35. The van der Waals surface area contributed by atoms with E-state index < -0.39 is 5.79 Å². The van der Waals surface area contributed by atoms with Gasteiger partial charge in [-0.25, -0.2) is 0 Å². The molecular weight excluding hydrogens is 192 g/mol. The summed E-state index contributed by atoms with van der Waals surface area (Å²) in [5, 5.41) is 0. The Morgan fingerprint density at radius 1 is 1.60 bits per heavy atom. The second-order valence-electron chi connectivity index (χ2n) is 4.08. The van der Waals surface area contributed by atoms with Crippen LogP contribution in [0.5, 0.6) is 0 Å². The lowest BCUT2D eigenvalue weighted by molar-refractivity contribution is -0.175. The van der Waals surface area contributed by atoms with Gasteiger partial charge >= 0.3 is 0 Å². The summed E-state index contributed by atoms with van der Waals surface area (Å²) in [5.74, 6) is -0.341. The SMILES string of the molecule is CO[C@@]12C=CC(=O)C3=CC=C[C@@H](CO1)[C@H]32. The van der Waals surface area contributed by atoms with E-state index in [1.807, 2.05) is 12.2 Å². The summed E-state index contributed by atoms with van der Waals surface area (Å²) in [5.41, 5.74) is 0.810. The van der Waals surface area contributed by atoms with Gasteiger partial charge in [0.1, 0.15) is 0 Å². The van der Waals surface area contributed by atoms with Crippen LogP contribution < -0.4 is 0 Å². The molecule has 1 saturated heterocycles. The zero-order valence-corrected chi connectivity index (χ0v) is 8.47. The van der Waals surface area contributed by atoms with Gasteiger partial charge in [0.15, 0.2) is 11.6 Å². The fourth-order valence-corrected chi connectivity index (χ4v) is 2.66. The molecule has 0 amide bonds. The molecule has 3 aliphatic rings. The van der Waals surface area contributed by atoms with Crippen molar-refractivity contribution in [2.24, 2.45) is 11.8 Å². The molecule has 0 aromatic heterocycles. The van der Waals surface area contributed by atoms with E-state index in [2.05, 4.69) is 6.08 Å². The van der Waals surface area contributed by atoms with Crippen LogP contribution in [-0.2, 0) is 14.3 Å². The molecule has 2 aliphatic carbocycles. The van der Waals surface area contributed by atoms with E-state index in [1.165, 1.54) is 0 Å². The third-order valence-corrected chi connectivity index (χ3v) is 3.40. The normalized spacial score (nSPS) is 41.7. The molecule has 0 spiro atoms. The molecule has 0 saturated carbocycles. The van der Waals surface area contributed by atoms with Crippen LogP contribution in [0.15, 0.2) is 36.0 Å². The molecule has 3 heteroatoms. The molecule has 15 heavy (non-hydrogen) atoms. The second-order valence-corrected chi connectivity index (χ2v) is 4.08. The highest BCUT2D eigenvalue weighted by atomic mass is 16.7. The average molecular weight is 204 g/mol. The Morgan fingerprint density at radius 3 is 3.27 bits per heavy atom. The quantitative estimate of drug-likeness (QED) is 0.644. The molecule has 3 atom stereocenters. The summed E-state index contributed by atoms with van der Waals surface area (Å²) >= 11 is 0. The maximum absolute atomic E-state index is 11.7. The standard InChI is InChI=1S/C12H12O3/c1-14-12-6-5-10(13)9-4-2-3-8(7-15-12)11(9)12/h2-6,8,11H,7H2,1H3/t8-,11+,12-/m0/s1. The number of ketones is 1. The highest BCUT2D eigenvalue weighted by Crippen LogP contribution is 2.47. The predicted octanol–water partition coefficient (Wildman–Crippen LogP) is 1.23. The first-order valence-corrected chi connectivity index (χ1v) is 5.08. The summed E-state index contributed by atoms with van der Waals surface area (Å²) in [6, 6.07) is 0. The summed E-state index contributed by atoms with van der Waals surface area (Å²) < 4.78 is 11.2. The van der Waals surface area contributed by atoms with Crippen LogP contribution in [0.4, 0.5) is 0 Å². The minimum atomic E-state index is -0.713. The van der Waals surface area contributed by atoms with Crippen LogP contribution in [0.25, 0.3) is 0 Å². The van der Waals surface area contributed by atoms with Crippen LogP contribution in [0.1, 0.15) is 0 Å². The lowest BCUT2D eigenvalue weighted by Crippen LogP contribution is -2.42. The second kappa shape index (κ2) is 2.90. The number of ether oxygens (including phenoxy) is 2. The maximum Gasteiger partial charge on any atom is 0.195 e. The topological polar surface area (TPSA) is 35.5 Å². The van der Waals surface area contributed by atoms with Gasteiger partial charge in [-0.3, -0.25) is 4.79 Å². The maximum atomic E-state index is 11.7. The van der Waals surface area contributed by atoms with Gasteiger partial charge in [0.25, 0.3) is 0 Å². The highest BCUT2D eigenvalue weighted by molar-refractivity contribution is 6.06. The Labute approximate surface area is 88.1 Å². The Hall–Kier alpha value is -1.19. The van der Waals surface area contributed by atoms with Crippen molar-refractivity contribution in [2.45, 2.75) is 5.79 Å². The first-order chi connectivity index (χ1) is 7.27. The molecule has 0 unspecified atom stereocenters. The van der Waals surface area contributed by atoms with E-state index in [0.29, 0.717) is 6.61 Å². The molecule has 1 heterocycles. The fourth-order valence-electron chi connectivity index (χ4n) is 2.66. The van der Waals surface area contributed by atoms with Crippen LogP contribution in [-0.4, -0.2) is 25.3 Å². The van der Waals surface area contributed by atoms with Crippen LogP contribution in [0.2, 0.25) is 0 Å². The van der Waals surface area contributed by atoms with E-state index in [4.69, 9.17) is 9.47 Å². The number of rotatable bonds is 1. The van der Waals surface area contributed by atoms with Gasteiger partial charge in [-0.1, -0.05) is 18.2 Å². The third kappa shape index (κ3) is 1.05. The molecule has 3 nitrogen and oxygen atoms in total. The monoisotopic (exact) mass is 204 g/mol. The molecular formula is C12H12O3. The van der Waals surface area contributed by atoms with Crippen molar-refractivity contribution >= 4 is 5.78 Å². The summed E-state index contributed by atoms with van der Waals surface area (Å²) in [7, 11) is 1.62. The molecule has 3 rings (SSSR count). The van der Waals surface area contributed by atoms with E-state index in [0.717, 1.165) is 5.57 Å². The highest BCUT2D eigenvalue weighted by Gasteiger charge is 2.53. The summed E-state index contributed by atoms with van der Waals surface area (Å²) in [6.07, 6.45) is 9.18. The van der Waals surface area contributed by atoms with Crippen molar-refractivity contribution in [1.82, 2.24) is 0 Å². The number of allylic oxidation sites excluding steroid dienone is 3. The van der Waals surface area contributed by atoms with Crippen molar-refractivity contribution in [3.8, 4) is 0 Å². The molecule has 0 radical (unpaired) electrons. The predicted molar refractivity (Wildman–Crippen MR) is 54.0 cm³/mol. The Bertz CT molecular complexity index is 405. The van der Waals surface area contributed by atoms with Gasteiger partial charge in [-0.15, -0.1) is 0 Å². The molecule has 1 aliphatic heterocycles. The van der Waals surface area contributed by atoms with Gasteiger partial charge in [0.2, 0.25) is 0 Å². The van der Waals surface area contributed by atoms with E-state index in [-0.39, 0.29) is 17.6 Å². The van der Waals surface area contributed by atoms with Crippen molar-refractivity contribution in [3.05, 3.63) is 36.0 Å². The molecule has 0 aromatic rings. The van der Waals surface area contributed by atoms with Crippen LogP contribution in [0.3, 0.4) is 0 Å². The largest absolute Gasteiger partial charge is 0.349 e.